The molecule has 2 aromatic carbocycles. The van der Waals surface area contributed by atoms with E-state index in [4.69, 9.17) is 4.42 Å². The smallest absolute Gasteiger partial charge is 0.247 e. The predicted molar refractivity (Wildman–Crippen MR) is 109 cm³/mol. The lowest BCUT2D eigenvalue weighted by atomic mass is 10.0. The number of carbonyl (C=O) groups is 1. The normalized spacial score (nSPS) is 10.8. The highest BCUT2D eigenvalue weighted by Gasteiger charge is 2.11. The Hall–Kier alpha value is -3.74. The summed E-state index contributed by atoms with van der Waals surface area (Å²) in [6.07, 6.45) is 4.28. The maximum Gasteiger partial charge on any atom is 0.247 e. The van der Waals surface area contributed by atoms with Crippen LogP contribution in [-0.2, 0) is 17.8 Å². The number of nitrogens with zero attached hydrogens (tertiary/aromatic N) is 4. The van der Waals surface area contributed by atoms with E-state index in [2.05, 4.69) is 32.7 Å². The minimum absolute atomic E-state index is 0.0517. The number of hydrogen-bond donors (Lipinski definition) is 1. The Morgan fingerprint density at radius 3 is 2.45 bits per heavy atom. The van der Waals surface area contributed by atoms with Gasteiger partial charge >= 0.3 is 0 Å². The van der Waals surface area contributed by atoms with Gasteiger partial charge in [0, 0.05) is 37.3 Å². The second kappa shape index (κ2) is 8.97. The molecule has 2 aromatic heterocycles. The van der Waals surface area contributed by atoms with Gasteiger partial charge in [0.05, 0.1) is 6.54 Å². The molecular formula is C22H21N5O2. The van der Waals surface area contributed by atoms with Crippen LogP contribution in [0.4, 0.5) is 0 Å². The van der Waals surface area contributed by atoms with E-state index in [9.17, 15) is 4.79 Å². The molecule has 29 heavy (non-hydrogen) atoms. The van der Waals surface area contributed by atoms with Crippen LogP contribution in [0, 0.1) is 0 Å². The lowest BCUT2D eigenvalue weighted by Gasteiger charge is -2.04. The number of aryl methyl sites for hydroxylation is 1. The van der Waals surface area contributed by atoms with Gasteiger partial charge in [-0.3, -0.25) is 9.48 Å². The zero-order valence-corrected chi connectivity index (χ0v) is 15.9. The average Bonchev–Trinajstić information content (AvgIpc) is 3.45. The summed E-state index contributed by atoms with van der Waals surface area (Å²) in [6.45, 7) is 1.17. The number of amides is 1. The third kappa shape index (κ3) is 4.95. The fraction of sp³-hybridized carbons (Fsp3) is 0.182. The first-order valence-corrected chi connectivity index (χ1v) is 9.50. The molecule has 0 saturated carbocycles. The first-order chi connectivity index (χ1) is 14.3. The first-order valence-electron chi connectivity index (χ1n) is 9.50. The Morgan fingerprint density at radius 2 is 1.69 bits per heavy atom. The highest BCUT2D eigenvalue weighted by molar-refractivity contribution is 5.76. The van der Waals surface area contributed by atoms with Crippen LogP contribution in [0.3, 0.4) is 0 Å². The fourth-order valence-electron chi connectivity index (χ4n) is 2.96. The molecule has 1 amide bonds. The maximum absolute atomic E-state index is 12.0. The maximum atomic E-state index is 12.0. The van der Waals surface area contributed by atoms with Gasteiger partial charge < -0.3 is 9.73 Å². The molecule has 7 nitrogen and oxygen atoms in total. The number of aromatic nitrogens is 4. The summed E-state index contributed by atoms with van der Waals surface area (Å²) in [5.74, 6) is 0.859. The van der Waals surface area contributed by atoms with Gasteiger partial charge in [0.25, 0.3) is 0 Å². The molecule has 0 atom stereocenters. The van der Waals surface area contributed by atoms with E-state index in [1.807, 2.05) is 54.7 Å². The summed E-state index contributed by atoms with van der Waals surface area (Å²) in [4.78, 5) is 12.0. The zero-order valence-electron chi connectivity index (χ0n) is 15.9. The summed E-state index contributed by atoms with van der Waals surface area (Å²) in [7, 11) is 0. The van der Waals surface area contributed by atoms with Crippen LogP contribution < -0.4 is 5.32 Å². The van der Waals surface area contributed by atoms with Crippen molar-refractivity contribution in [1.82, 2.24) is 25.3 Å². The van der Waals surface area contributed by atoms with Crippen molar-refractivity contribution in [1.29, 1.82) is 0 Å². The van der Waals surface area contributed by atoms with E-state index in [1.165, 1.54) is 0 Å². The molecule has 1 N–H and O–H groups in total. The molecule has 4 rings (SSSR count). The number of carbonyl (C=O) groups excluding carboxylic acids is 1. The van der Waals surface area contributed by atoms with E-state index in [-0.39, 0.29) is 5.91 Å². The lowest BCUT2D eigenvalue weighted by molar-refractivity contribution is -0.121. The highest BCUT2D eigenvalue weighted by atomic mass is 16.4. The van der Waals surface area contributed by atoms with Crippen molar-refractivity contribution in [2.75, 3.05) is 6.54 Å². The molecule has 4 aromatic rings. The van der Waals surface area contributed by atoms with Crippen LogP contribution in [0.5, 0.6) is 0 Å². The van der Waals surface area contributed by atoms with Crippen LogP contribution >= 0.6 is 0 Å². The SMILES string of the molecule is O=C(CCc1nnc(-c2ccc(-c3ccccc3)cc2)o1)NCCn1cccn1. The van der Waals surface area contributed by atoms with Gasteiger partial charge in [0.1, 0.15) is 0 Å². The van der Waals surface area contributed by atoms with Gasteiger partial charge in [0.15, 0.2) is 0 Å². The quantitative estimate of drug-likeness (QED) is 0.501. The molecule has 0 bridgehead atoms. The van der Waals surface area contributed by atoms with Crippen molar-refractivity contribution in [3.8, 4) is 22.6 Å². The largest absolute Gasteiger partial charge is 0.421 e. The van der Waals surface area contributed by atoms with Gasteiger partial charge in [-0.25, -0.2) is 0 Å². The molecule has 0 spiro atoms. The van der Waals surface area contributed by atoms with Crippen molar-refractivity contribution < 1.29 is 9.21 Å². The number of nitrogens with one attached hydrogen (secondary N) is 1. The summed E-state index contributed by atoms with van der Waals surface area (Å²) in [5, 5.41) is 15.1. The summed E-state index contributed by atoms with van der Waals surface area (Å²) in [6, 6.07) is 20.0. The molecule has 0 saturated heterocycles. The topological polar surface area (TPSA) is 85.8 Å². The molecule has 0 radical (unpaired) electrons. The minimum atomic E-state index is -0.0517. The molecular weight excluding hydrogens is 366 g/mol. The Bertz CT molecular complexity index is 1040. The monoisotopic (exact) mass is 387 g/mol. The Kier molecular flexibility index (Phi) is 5.76. The van der Waals surface area contributed by atoms with E-state index >= 15 is 0 Å². The third-order valence-electron chi connectivity index (χ3n) is 4.49. The van der Waals surface area contributed by atoms with E-state index in [0.29, 0.717) is 37.7 Å². The van der Waals surface area contributed by atoms with Gasteiger partial charge in [0.2, 0.25) is 17.7 Å². The van der Waals surface area contributed by atoms with Crippen molar-refractivity contribution in [2.45, 2.75) is 19.4 Å². The van der Waals surface area contributed by atoms with Gasteiger partial charge in [-0.15, -0.1) is 10.2 Å². The van der Waals surface area contributed by atoms with E-state index in [0.717, 1.165) is 16.7 Å². The summed E-state index contributed by atoms with van der Waals surface area (Å²) >= 11 is 0. The summed E-state index contributed by atoms with van der Waals surface area (Å²) < 4.78 is 7.48. The van der Waals surface area contributed by atoms with Crippen molar-refractivity contribution >= 4 is 5.91 Å². The highest BCUT2D eigenvalue weighted by Crippen LogP contribution is 2.24. The molecule has 0 fully saturated rings. The van der Waals surface area contributed by atoms with Crippen LogP contribution in [-0.4, -0.2) is 32.4 Å². The van der Waals surface area contributed by atoms with E-state index in [1.54, 1.807) is 10.9 Å². The third-order valence-corrected chi connectivity index (χ3v) is 4.49. The van der Waals surface area contributed by atoms with Crippen LogP contribution in [0.2, 0.25) is 0 Å². The zero-order chi connectivity index (χ0) is 19.9. The van der Waals surface area contributed by atoms with Gasteiger partial charge in [-0.2, -0.15) is 5.10 Å². The van der Waals surface area contributed by atoms with Crippen molar-refractivity contribution in [3.63, 3.8) is 0 Å². The Balaban J connectivity index is 1.28. The van der Waals surface area contributed by atoms with Crippen molar-refractivity contribution in [2.24, 2.45) is 0 Å². The molecule has 146 valence electrons. The van der Waals surface area contributed by atoms with Crippen LogP contribution in [0.1, 0.15) is 12.3 Å². The number of rotatable bonds is 8. The molecule has 0 unspecified atom stereocenters. The molecule has 0 aliphatic heterocycles. The number of hydrogen-bond acceptors (Lipinski definition) is 5. The molecule has 2 heterocycles. The second-order valence-electron chi connectivity index (χ2n) is 6.56. The Morgan fingerprint density at radius 1 is 0.931 bits per heavy atom. The summed E-state index contributed by atoms with van der Waals surface area (Å²) in [5.41, 5.74) is 3.14. The molecule has 7 heteroatoms. The van der Waals surface area contributed by atoms with Crippen molar-refractivity contribution in [3.05, 3.63) is 78.9 Å². The fourth-order valence-corrected chi connectivity index (χ4v) is 2.96. The molecule has 0 aliphatic rings. The standard InChI is InChI=1S/C22H21N5O2/c28-20(23-14-16-27-15-4-13-24-27)11-12-21-25-26-22(29-21)19-9-7-18(8-10-19)17-5-2-1-3-6-17/h1-10,13,15H,11-12,14,16H2,(H,23,28). The predicted octanol–water partition coefficient (Wildman–Crippen LogP) is 3.35. The second-order valence-corrected chi connectivity index (χ2v) is 6.56. The van der Waals surface area contributed by atoms with E-state index < -0.39 is 0 Å². The van der Waals surface area contributed by atoms with Crippen LogP contribution in [0.15, 0.2) is 77.5 Å². The Labute approximate surface area is 168 Å². The van der Waals surface area contributed by atoms with Crippen LogP contribution in [0.25, 0.3) is 22.6 Å². The lowest BCUT2D eigenvalue weighted by Crippen LogP contribution is -2.27. The molecule has 0 aliphatic carbocycles. The average molecular weight is 387 g/mol. The van der Waals surface area contributed by atoms with Gasteiger partial charge in [-0.05, 0) is 29.3 Å². The number of benzene rings is 2. The first kappa shape index (κ1) is 18.6. The van der Waals surface area contributed by atoms with Gasteiger partial charge in [-0.1, -0.05) is 42.5 Å². The minimum Gasteiger partial charge on any atom is -0.421 e.